The molecular weight excluding hydrogens is 372 g/mol. The Kier molecular flexibility index (Phi) is 5.29. The third kappa shape index (κ3) is 3.74. The minimum Gasteiger partial charge on any atom is -0.465 e. The number of thiazole rings is 1. The summed E-state index contributed by atoms with van der Waals surface area (Å²) in [5.74, 6) is 0. The molecule has 26 heavy (non-hydrogen) atoms. The number of anilines is 1. The number of benzene rings is 1. The first-order valence-electron chi connectivity index (χ1n) is 7.67. The lowest BCUT2D eigenvalue weighted by Crippen LogP contribution is -2.29. The van der Waals surface area contributed by atoms with Crippen molar-refractivity contribution in [3.05, 3.63) is 59.5 Å². The molecule has 1 N–H and O–H groups in total. The fourth-order valence-corrected chi connectivity index (χ4v) is 3.56. The van der Waals surface area contributed by atoms with Gasteiger partial charge < -0.3 is 5.11 Å². The molecule has 0 aliphatic heterocycles. The second-order valence-electron chi connectivity index (χ2n) is 5.35. The highest BCUT2D eigenvalue weighted by atomic mass is 35.5. The third-order valence-corrected chi connectivity index (χ3v) is 4.74. The summed E-state index contributed by atoms with van der Waals surface area (Å²) < 4.78 is 0. The average Bonchev–Trinajstić information content (AvgIpc) is 3.01. The number of carbonyl (C=O) groups is 1. The largest absolute Gasteiger partial charge is 0.465 e. The van der Waals surface area contributed by atoms with E-state index in [2.05, 4.69) is 21.5 Å². The van der Waals surface area contributed by atoms with Crippen molar-refractivity contribution in [1.82, 2.24) is 15.0 Å². The van der Waals surface area contributed by atoms with Crippen LogP contribution in [0.25, 0.3) is 21.8 Å². The first-order chi connectivity index (χ1) is 12.5. The number of amides is 1. The van der Waals surface area contributed by atoms with Crippen molar-refractivity contribution in [3.8, 4) is 21.8 Å². The lowest BCUT2D eigenvalue weighted by molar-refractivity contribution is 0.202. The monoisotopic (exact) mass is 386 g/mol. The fraction of sp³-hybridized carbons (Fsp3) is 0.111. The van der Waals surface area contributed by atoms with Gasteiger partial charge in [0.2, 0.25) is 5.28 Å². The molecule has 0 spiro atoms. The van der Waals surface area contributed by atoms with Gasteiger partial charge in [-0.05, 0) is 36.7 Å². The minimum absolute atomic E-state index is 0.163. The van der Waals surface area contributed by atoms with Crippen LogP contribution in [0, 0.1) is 6.92 Å². The molecule has 0 aliphatic rings. The van der Waals surface area contributed by atoms with E-state index in [0.29, 0.717) is 11.4 Å². The van der Waals surface area contributed by atoms with E-state index >= 15 is 0 Å². The Morgan fingerprint density at radius 2 is 2.19 bits per heavy atom. The van der Waals surface area contributed by atoms with Gasteiger partial charge in [0.15, 0.2) is 0 Å². The topological polar surface area (TPSA) is 79.2 Å². The summed E-state index contributed by atoms with van der Waals surface area (Å²) in [6, 6.07) is 8.99. The zero-order valence-electron chi connectivity index (χ0n) is 13.9. The summed E-state index contributed by atoms with van der Waals surface area (Å²) >= 11 is 7.41. The van der Waals surface area contributed by atoms with Gasteiger partial charge in [-0.15, -0.1) is 17.9 Å². The Bertz CT molecular complexity index is 973. The van der Waals surface area contributed by atoms with Crippen LogP contribution in [0.3, 0.4) is 0 Å². The molecule has 3 rings (SSSR count). The van der Waals surface area contributed by atoms with E-state index in [9.17, 15) is 9.90 Å². The van der Waals surface area contributed by atoms with Crippen molar-refractivity contribution in [2.24, 2.45) is 0 Å². The van der Waals surface area contributed by atoms with Crippen LogP contribution in [0.1, 0.15) is 5.01 Å². The molecule has 0 radical (unpaired) electrons. The number of aromatic nitrogens is 3. The zero-order chi connectivity index (χ0) is 18.7. The van der Waals surface area contributed by atoms with Gasteiger partial charge in [0.05, 0.1) is 21.3 Å². The van der Waals surface area contributed by atoms with E-state index in [-0.39, 0.29) is 11.8 Å². The summed E-state index contributed by atoms with van der Waals surface area (Å²) in [6.45, 7) is 5.72. The summed E-state index contributed by atoms with van der Waals surface area (Å²) in [6.07, 6.45) is 2.09. The second kappa shape index (κ2) is 7.63. The number of rotatable bonds is 5. The highest BCUT2D eigenvalue weighted by Crippen LogP contribution is 2.37. The van der Waals surface area contributed by atoms with E-state index in [1.807, 2.05) is 13.0 Å². The summed E-state index contributed by atoms with van der Waals surface area (Å²) in [4.78, 5) is 26.4. The maximum atomic E-state index is 11.5. The standard InChI is InChI=1S/C18H15ClN4O2S/c1-3-9-23(18(24)25)13-6-4-5-12(10-13)15-16(26-11(2)21-15)14-7-8-20-17(19)22-14/h3-8,10H,1,9H2,2H3,(H,24,25). The van der Waals surface area contributed by atoms with Crippen LogP contribution in [-0.4, -0.2) is 32.7 Å². The van der Waals surface area contributed by atoms with Crippen molar-refractivity contribution >= 4 is 34.7 Å². The molecule has 1 aromatic carbocycles. The maximum absolute atomic E-state index is 11.5. The van der Waals surface area contributed by atoms with Crippen LogP contribution >= 0.6 is 22.9 Å². The smallest absolute Gasteiger partial charge is 0.412 e. The van der Waals surface area contributed by atoms with E-state index in [4.69, 9.17) is 11.6 Å². The van der Waals surface area contributed by atoms with Gasteiger partial charge in [0.25, 0.3) is 0 Å². The van der Waals surface area contributed by atoms with Crippen molar-refractivity contribution in [2.75, 3.05) is 11.4 Å². The van der Waals surface area contributed by atoms with Crippen molar-refractivity contribution in [1.29, 1.82) is 0 Å². The molecule has 6 nitrogen and oxygen atoms in total. The Balaban J connectivity index is 2.09. The Morgan fingerprint density at radius 3 is 2.88 bits per heavy atom. The number of hydrogen-bond acceptors (Lipinski definition) is 5. The van der Waals surface area contributed by atoms with Crippen LogP contribution < -0.4 is 4.90 Å². The molecule has 132 valence electrons. The molecule has 3 aromatic rings. The Labute approximate surface area is 159 Å². The van der Waals surface area contributed by atoms with Crippen LogP contribution in [-0.2, 0) is 0 Å². The average molecular weight is 387 g/mol. The van der Waals surface area contributed by atoms with Crippen molar-refractivity contribution in [3.63, 3.8) is 0 Å². The first kappa shape index (κ1) is 18.0. The van der Waals surface area contributed by atoms with Crippen LogP contribution in [0.2, 0.25) is 5.28 Å². The number of aryl methyl sites for hydroxylation is 1. The van der Waals surface area contributed by atoms with Gasteiger partial charge in [0.1, 0.15) is 0 Å². The maximum Gasteiger partial charge on any atom is 0.412 e. The molecule has 8 heteroatoms. The van der Waals surface area contributed by atoms with Gasteiger partial charge in [-0.3, -0.25) is 4.90 Å². The fourth-order valence-electron chi connectivity index (χ4n) is 2.50. The van der Waals surface area contributed by atoms with Crippen molar-refractivity contribution < 1.29 is 9.90 Å². The Hall–Kier alpha value is -2.77. The van der Waals surface area contributed by atoms with E-state index in [0.717, 1.165) is 21.1 Å². The molecule has 0 unspecified atom stereocenters. The van der Waals surface area contributed by atoms with Gasteiger partial charge >= 0.3 is 6.09 Å². The Morgan fingerprint density at radius 1 is 1.38 bits per heavy atom. The third-order valence-electron chi connectivity index (χ3n) is 3.57. The van der Waals surface area contributed by atoms with Crippen LogP contribution in [0.4, 0.5) is 10.5 Å². The van der Waals surface area contributed by atoms with Crippen molar-refractivity contribution in [2.45, 2.75) is 6.92 Å². The summed E-state index contributed by atoms with van der Waals surface area (Å²) in [7, 11) is 0. The lowest BCUT2D eigenvalue weighted by Gasteiger charge is -2.18. The van der Waals surface area contributed by atoms with Gasteiger partial charge in [-0.2, -0.15) is 0 Å². The molecule has 2 aromatic heterocycles. The molecule has 0 atom stereocenters. The second-order valence-corrected chi connectivity index (χ2v) is 6.89. The number of carboxylic acid groups (broad SMARTS) is 1. The molecular formula is C18H15ClN4O2S. The molecule has 0 fully saturated rings. The van der Waals surface area contributed by atoms with Gasteiger partial charge in [0, 0.05) is 24.0 Å². The number of hydrogen-bond donors (Lipinski definition) is 1. The molecule has 0 saturated carbocycles. The normalized spacial score (nSPS) is 10.5. The molecule has 0 aliphatic carbocycles. The van der Waals surface area contributed by atoms with Crippen LogP contribution in [0.15, 0.2) is 49.2 Å². The highest BCUT2D eigenvalue weighted by molar-refractivity contribution is 7.15. The predicted octanol–water partition coefficient (Wildman–Crippen LogP) is 4.90. The number of halogens is 1. The van der Waals surface area contributed by atoms with Crippen LogP contribution in [0.5, 0.6) is 0 Å². The SMILES string of the molecule is C=CCN(C(=O)O)c1cccc(-c2nc(C)sc2-c2ccnc(Cl)n2)c1. The van der Waals surface area contributed by atoms with E-state index in [1.165, 1.54) is 16.2 Å². The van der Waals surface area contributed by atoms with Gasteiger partial charge in [-0.25, -0.2) is 19.7 Å². The molecule has 1 amide bonds. The lowest BCUT2D eigenvalue weighted by atomic mass is 10.1. The minimum atomic E-state index is -1.04. The highest BCUT2D eigenvalue weighted by Gasteiger charge is 2.18. The number of nitrogens with zero attached hydrogens (tertiary/aromatic N) is 4. The van der Waals surface area contributed by atoms with Gasteiger partial charge in [-0.1, -0.05) is 18.2 Å². The summed E-state index contributed by atoms with van der Waals surface area (Å²) in [5.41, 5.74) is 2.75. The quantitative estimate of drug-likeness (QED) is 0.498. The molecule has 2 heterocycles. The zero-order valence-corrected chi connectivity index (χ0v) is 15.5. The van der Waals surface area contributed by atoms with E-state index in [1.54, 1.807) is 36.5 Å². The predicted molar refractivity (Wildman–Crippen MR) is 104 cm³/mol. The first-order valence-corrected chi connectivity index (χ1v) is 8.87. The molecule has 0 saturated heterocycles. The summed E-state index contributed by atoms with van der Waals surface area (Å²) in [5, 5.41) is 10.5. The molecule has 0 bridgehead atoms. The van der Waals surface area contributed by atoms with E-state index < -0.39 is 6.09 Å².